The van der Waals surface area contributed by atoms with E-state index in [4.69, 9.17) is 9.47 Å². The molecule has 0 bridgehead atoms. The molecule has 0 radical (unpaired) electrons. The minimum atomic E-state index is -9.96. The predicted molar refractivity (Wildman–Crippen MR) is 59.7 cm³/mol. The van der Waals surface area contributed by atoms with E-state index in [0.717, 1.165) is 0 Å². The van der Waals surface area contributed by atoms with E-state index >= 15 is 0 Å². The Morgan fingerprint density at radius 1 is 1.25 bits per heavy atom. The van der Waals surface area contributed by atoms with E-state index in [1.54, 1.807) is 0 Å². The van der Waals surface area contributed by atoms with Crippen molar-refractivity contribution >= 4 is 15.9 Å². The normalized spacial score (nSPS) is 19.6. The van der Waals surface area contributed by atoms with Crippen LogP contribution in [-0.4, -0.2) is 24.2 Å². The SMILES string of the molecule is O=[N+]([O-])c1cc(S(F)(F)(F)(F)F)ccc1OC1COC1. The Hall–Kier alpha value is -1.62. The van der Waals surface area contributed by atoms with Gasteiger partial charge in [-0.05, 0) is 12.1 Å². The summed E-state index contributed by atoms with van der Waals surface area (Å²) in [6.45, 7) is 0.251. The molecule has 0 atom stereocenters. The van der Waals surface area contributed by atoms with Gasteiger partial charge in [0.15, 0.2) is 5.75 Å². The summed E-state index contributed by atoms with van der Waals surface area (Å²) in [6.07, 6.45) is -0.542. The molecule has 1 aliphatic heterocycles. The van der Waals surface area contributed by atoms with Crippen molar-refractivity contribution in [2.75, 3.05) is 13.2 Å². The summed E-state index contributed by atoms with van der Waals surface area (Å²) >= 11 is 0. The number of benzene rings is 1. The molecule has 1 aromatic rings. The first-order chi connectivity index (χ1) is 8.86. The van der Waals surface area contributed by atoms with Crippen LogP contribution in [0.1, 0.15) is 0 Å². The molecule has 0 amide bonds. The average Bonchev–Trinajstić information content (AvgIpc) is 2.19. The quantitative estimate of drug-likeness (QED) is 0.477. The summed E-state index contributed by atoms with van der Waals surface area (Å²) in [5, 5.41) is 10.7. The number of hydrogen-bond donors (Lipinski definition) is 0. The summed E-state index contributed by atoms with van der Waals surface area (Å²) in [5.41, 5.74) is -1.16. The fourth-order valence-corrected chi connectivity index (χ4v) is 2.10. The Morgan fingerprint density at radius 2 is 1.85 bits per heavy atom. The van der Waals surface area contributed by atoms with Crippen LogP contribution in [0.3, 0.4) is 0 Å². The fraction of sp³-hybridized carbons (Fsp3) is 0.333. The molecule has 0 spiro atoms. The van der Waals surface area contributed by atoms with Crippen LogP contribution < -0.4 is 4.74 Å². The molecule has 11 heteroatoms. The zero-order valence-electron chi connectivity index (χ0n) is 9.60. The van der Waals surface area contributed by atoms with E-state index < -0.39 is 37.6 Å². The number of nitrogens with zero attached hydrogens (tertiary/aromatic N) is 1. The first-order valence-corrected chi connectivity index (χ1v) is 7.09. The fourth-order valence-electron chi connectivity index (χ4n) is 1.44. The number of hydrogen-bond acceptors (Lipinski definition) is 4. The highest BCUT2D eigenvalue weighted by atomic mass is 32.5. The predicted octanol–water partition coefficient (Wildman–Crippen LogP) is 4.03. The van der Waals surface area contributed by atoms with Crippen molar-refractivity contribution in [1.29, 1.82) is 0 Å². The molecule has 5 nitrogen and oxygen atoms in total. The van der Waals surface area contributed by atoms with Gasteiger partial charge in [0.1, 0.15) is 11.0 Å². The minimum absolute atomic E-state index is 0.0728. The van der Waals surface area contributed by atoms with Gasteiger partial charge in [0.2, 0.25) is 0 Å². The smallest absolute Gasteiger partial charge is 0.312 e. The van der Waals surface area contributed by atoms with Gasteiger partial charge < -0.3 is 9.47 Å². The van der Waals surface area contributed by atoms with Crippen LogP contribution in [0.2, 0.25) is 0 Å². The third-order valence-electron chi connectivity index (χ3n) is 2.47. The van der Waals surface area contributed by atoms with Gasteiger partial charge in [-0.2, -0.15) is 0 Å². The van der Waals surface area contributed by atoms with Crippen LogP contribution in [-0.2, 0) is 4.74 Å². The maximum absolute atomic E-state index is 12.6. The van der Waals surface area contributed by atoms with Gasteiger partial charge in [0.05, 0.1) is 18.1 Å². The monoisotopic (exact) mass is 321 g/mol. The maximum atomic E-state index is 12.6. The van der Waals surface area contributed by atoms with Crippen molar-refractivity contribution in [1.82, 2.24) is 0 Å². The van der Waals surface area contributed by atoms with Crippen molar-refractivity contribution in [2.45, 2.75) is 11.0 Å². The summed E-state index contributed by atoms with van der Waals surface area (Å²) in [7, 11) is -9.96. The second-order valence-corrected chi connectivity index (χ2v) is 6.54. The van der Waals surface area contributed by atoms with Crippen LogP contribution in [0.15, 0.2) is 23.1 Å². The zero-order valence-corrected chi connectivity index (χ0v) is 10.4. The van der Waals surface area contributed by atoms with E-state index in [0.29, 0.717) is 6.07 Å². The van der Waals surface area contributed by atoms with Gasteiger partial charge >= 0.3 is 15.9 Å². The van der Waals surface area contributed by atoms with Crippen LogP contribution in [0, 0.1) is 10.1 Å². The molecule has 2 rings (SSSR count). The number of nitro groups is 1. The van der Waals surface area contributed by atoms with Crippen LogP contribution >= 0.6 is 10.2 Å². The van der Waals surface area contributed by atoms with Gasteiger partial charge in [-0.15, -0.1) is 0 Å². The average molecular weight is 321 g/mol. The Morgan fingerprint density at radius 3 is 2.25 bits per heavy atom. The third kappa shape index (κ3) is 3.10. The number of halogens is 5. The van der Waals surface area contributed by atoms with Crippen molar-refractivity contribution < 1.29 is 33.8 Å². The third-order valence-corrected chi connectivity index (χ3v) is 3.62. The molecule has 20 heavy (non-hydrogen) atoms. The molecule has 1 aromatic carbocycles. The number of rotatable bonds is 4. The second-order valence-electron chi connectivity index (χ2n) is 4.13. The van der Waals surface area contributed by atoms with E-state index in [2.05, 4.69) is 0 Å². The first kappa shape index (κ1) is 14.8. The van der Waals surface area contributed by atoms with E-state index in [-0.39, 0.29) is 25.3 Å². The molecule has 0 N–H and O–H groups in total. The van der Waals surface area contributed by atoms with Crippen LogP contribution in [0.5, 0.6) is 5.75 Å². The Bertz CT molecular complexity index is 571. The molecular weight excluding hydrogens is 313 g/mol. The molecular formula is C9H8F5NO4S. The molecule has 1 aliphatic rings. The maximum Gasteiger partial charge on any atom is 0.312 e. The Balaban J connectivity index is 2.45. The standard InChI is InChI=1S/C9H8F5NO4S/c10-20(11,12,13,14)7-1-2-9(8(3-7)15(16)17)19-6-4-18-5-6/h1-3,6H,4-5H2. The lowest BCUT2D eigenvalue weighted by atomic mass is 10.2. The second kappa shape index (κ2) is 3.73. The summed E-state index contributed by atoms with van der Waals surface area (Å²) in [5.74, 6) is -0.506. The summed E-state index contributed by atoms with van der Waals surface area (Å²) < 4.78 is 72.6. The number of ether oxygens (including phenoxy) is 2. The number of nitro benzene ring substituents is 1. The molecule has 0 unspecified atom stereocenters. The molecule has 1 saturated heterocycles. The molecule has 114 valence electrons. The lowest BCUT2D eigenvalue weighted by Crippen LogP contribution is -2.38. The van der Waals surface area contributed by atoms with Gasteiger partial charge in [0.25, 0.3) is 0 Å². The van der Waals surface area contributed by atoms with Gasteiger partial charge in [-0.1, -0.05) is 19.4 Å². The van der Waals surface area contributed by atoms with Gasteiger partial charge in [-0.3, -0.25) is 10.1 Å². The zero-order chi connectivity index (χ0) is 15.2. The van der Waals surface area contributed by atoms with Crippen molar-refractivity contribution in [3.8, 4) is 5.75 Å². The topological polar surface area (TPSA) is 61.6 Å². The summed E-state index contributed by atoms with van der Waals surface area (Å²) in [6, 6.07) is 0.378. The molecule has 0 aliphatic carbocycles. The minimum Gasteiger partial charge on any atom is -0.479 e. The molecule has 1 fully saturated rings. The first-order valence-electron chi connectivity index (χ1n) is 5.14. The molecule has 0 saturated carbocycles. The molecule has 0 aromatic heterocycles. The van der Waals surface area contributed by atoms with E-state index in [1.165, 1.54) is 0 Å². The lowest BCUT2D eigenvalue weighted by Gasteiger charge is -2.40. The van der Waals surface area contributed by atoms with Gasteiger partial charge in [0, 0.05) is 6.07 Å². The van der Waals surface area contributed by atoms with Gasteiger partial charge in [-0.25, -0.2) is 0 Å². The van der Waals surface area contributed by atoms with Crippen molar-refractivity contribution in [3.05, 3.63) is 28.3 Å². The highest BCUT2D eigenvalue weighted by Crippen LogP contribution is 3.02. The van der Waals surface area contributed by atoms with Crippen LogP contribution in [0.4, 0.5) is 25.1 Å². The Kier molecular flexibility index (Phi) is 2.75. The van der Waals surface area contributed by atoms with Crippen molar-refractivity contribution in [2.24, 2.45) is 0 Å². The van der Waals surface area contributed by atoms with E-state index in [1.807, 2.05) is 0 Å². The van der Waals surface area contributed by atoms with E-state index in [9.17, 15) is 29.5 Å². The van der Waals surface area contributed by atoms with Crippen LogP contribution in [0.25, 0.3) is 0 Å². The summed E-state index contributed by atoms with van der Waals surface area (Å²) in [4.78, 5) is 7.16. The van der Waals surface area contributed by atoms with Crippen molar-refractivity contribution in [3.63, 3.8) is 0 Å². The molecule has 1 heterocycles. The Labute approximate surface area is 109 Å². The lowest BCUT2D eigenvalue weighted by molar-refractivity contribution is -0.386. The largest absolute Gasteiger partial charge is 0.479 e. The highest BCUT2D eigenvalue weighted by molar-refractivity contribution is 8.45. The highest BCUT2D eigenvalue weighted by Gasteiger charge is 2.66.